The first-order valence-corrected chi connectivity index (χ1v) is 7.77. The second kappa shape index (κ2) is 6.36. The van der Waals surface area contributed by atoms with Gasteiger partial charge < -0.3 is 15.5 Å². The molecule has 0 aliphatic rings. The molecule has 0 fully saturated rings. The average Bonchev–Trinajstić information content (AvgIpc) is 3.00. The minimum absolute atomic E-state index is 0.0564. The van der Waals surface area contributed by atoms with E-state index >= 15 is 0 Å². The van der Waals surface area contributed by atoms with Gasteiger partial charge in [0.15, 0.2) is 5.58 Å². The summed E-state index contributed by atoms with van der Waals surface area (Å²) < 4.78 is 5.26. The molecule has 122 valence electrons. The Morgan fingerprint density at radius 2 is 1.71 bits per heavy atom. The van der Waals surface area contributed by atoms with Crippen molar-refractivity contribution in [1.82, 2.24) is 0 Å². The number of nitrogens with one attached hydrogen (secondary N) is 1. The summed E-state index contributed by atoms with van der Waals surface area (Å²) in [5, 5.41) is 3.86. The number of carbonyl (C=O) groups excluding carboxylic acids is 2. The fourth-order valence-corrected chi connectivity index (χ4v) is 2.98. The van der Waals surface area contributed by atoms with Gasteiger partial charge in [-0.15, -0.1) is 0 Å². The summed E-state index contributed by atoms with van der Waals surface area (Å²) in [5.41, 5.74) is 6.27. The number of hydrogen-bond donors (Lipinski definition) is 2. The summed E-state index contributed by atoms with van der Waals surface area (Å²) in [6, 6.07) is 7.42. The number of anilines is 1. The molecular weight excluding hydrogens is 375 g/mol. The maximum Gasteiger partial charge on any atom is 0.256 e. The fourth-order valence-electron chi connectivity index (χ4n) is 2.25. The van der Waals surface area contributed by atoms with Gasteiger partial charge in [0.25, 0.3) is 5.91 Å². The molecule has 0 saturated carbocycles. The van der Waals surface area contributed by atoms with E-state index in [-0.39, 0.29) is 21.3 Å². The molecule has 0 atom stereocenters. The molecule has 0 spiro atoms. The zero-order chi connectivity index (χ0) is 17.4. The lowest BCUT2D eigenvalue weighted by molar-refractivity contribution is 0.0996. The van der Waals surface area contributed by atoms with E-state index in [1.54, 1.807) is 18.2 Å². The number of halogens is 3. The second-order valence-electron chi connectivity index (χ2n) is 4.89. The van der Waals surface area contributed by atoms with E-state index in [2.05, 4.69) is 5.32 Å². The van der Waals surface area contributed by atoms with Gasteiger partial charge in [0, 0.05) is 5.39 Å². The standard InChI is InChI=1S/C16H9Cl3N2O3/c17-10-2-1-8(7-3-4-24-14(7)10)16(23)21-13-5-9(15(20)22)11(18)6-12(13)19/h1-6H,(H2,20,22)(H,21,23). The number of benzene rings is 2. The summed E-state index contributed by atoms with van der Waals surface area (Å²) >= 11 is 18.0. The third-order valence-electron chi connectivity index (χ3n) is 3.38. The first-order valence-electron chi connectivity index (χ1n) is 6.64. The van der Waals surface area contributed by atoms with Gasteiger partial charge in [-0.05, 0) is 30.3 Å². The molecule has 0 bridgehead atoms. The normalized spacial score (nSPS) is 10.8. The number of furan rings is 1. The Kier molecular flexibility index (Phi) is 4.41. The number of carbonyl (C=O) groups is 2. The fraction of sp³-hybridized carbons (Fsp3) is 0. The van der Waals surface area contributed by atoms with Crippen molar-refractivity contribution < 1.29 is 14.0 Å². The molecule has 3 aromatic rings. The van der Waals surface area contributed by atoms with Crippen LogP contribution in [0, 0.1) is 0 Å². The van der Waals surface area contributed by atoms with Gasteiger partial charge in [-0.25, -0.2) is 0 Å². The third-order valence-corrected chi connectivity index (χ3v) is 4.31. The minimum atomic E-state index is -0.726. The molecule has 1 heterocycles. The van der Waals surface area contributed by atoms with E-state index in [4.69, 9.17) is 45.0 Å². The van der Waals surface area contributed by atoms with Crippen LogP contribution in [-0.4, -0.2) is 11.8 Å². The Morgan fingerprint density at radius 1 is 0.958 bits per heavy atom. The van der Waals surface area contributed by atoms with Gasteiger partial charge in [-0.2, -0.15) is 0 Å². The highest BCUT2D eigenvalue weighted by atomic mass is 35.5. The van der Waals surface area contributed by atoms with Gasteiger partial charge in [0.2, 0.25) is 5.91 Å². The zero-order valence-corrected chi connectivity index (χ0v) is 14.2. The molecule has 0 saturated heterocycles. The van der Waals surface area contributed by atoms with Gasteiger partial charge in [0.05, 0.1) is 38.1 Å². The first kappa shape index (κ1) is 16.6. The second-order valence-corrected chi connectivity index (χ2v) is 6.11. The lowest BCUT2D eigenvalue weighted by atomic mass is 10.1. The van der Waals surface area contributed by atoms with Crippen LogP contribution in [0.4, 0.5) is 5.69 Å². The van der Waals surface area contributed by atoms with Crippen LogP contribution in [0.3, 0.4) is 0 Å². The minimum Gasteiger partial charge on any atom is -0.463 e. The third kappa shape index (κ3) is 2.94. The van der Waals surface area contributed by atoms with E-state index in [1.165, 1.54) is 18.4 Å². The monoisotopic (exact) mass is 382 g/mol. The maximum absolute atomic E-state index is 12.6. The van der Waals surface area contributed by atoms with Crippen LogP contribution in [0.15, 0.2) is 41.0 Å². The van der Waals surface area contributed by atoms with E-state index in [0.717, 1.165) is 0 Å². The van der Waals surface area contributed by atoms with Crippen molar-refractivity contribution >= 4 is 63.3 Å². The molecule has 0 radical (unpaired) electrons. The predicted molar refractivity (Wildman–Crippen MR) is 94.2 cm³/mol. The Hall–Kier alpha value is -2.21. The number of amides is 2. The van der Waals surface area contributed by atoms with Crippen LogP contribution < -0.4 is 11.1 Å². The maximum atomic E-state index is 12.6. The van der Waals surface area contributed by atoms with Gasteiger partial charge >= 0.3 is 0 Å². The Morgan fingerprint density at radius 3 is 2.42 bits per heavy atom. The topological polar surface area (TPSA) is 85.3 Å². The van der Waals surface area contributed by atoms with Crippen molar-refractivity contribution in [2.75, 3.05) is 5.32 Å². The van der Waals surface area contributed by atoms with Gasteiger partial charge in [0.1, 0.15) is 0 Å². The lowest BCUT2D eigenvalue weighted by Crippen LogP contribution is -2.15. The highest BCUT2D eigenvalue weighted by Crippen LogP contribution is 2.31. The van der Waals surface area contributed by atoms with Crippen molar-refractivity contribution in [2.24, 2.45) is 5.73 Å². The van der Waals surface area contributed by atoms with E-state index in [1.807, 2.05) is 0 Å². The van der Waals surface area contributed by atoms with E-state index < -0.39 is 11.8 Å². The highest BCUT2D eigenvalue weighted by Gasteiger charge is 2.17. The summed E-state index contributed by atoms with van der Waals surface area (Å²) in [6.45, 7) is 0. The summed E-state index contributed by atoms with van der Waals surface area (Å²) in [4.78, 5) is 23.9. The van der Waals surface area contributed by atoms with E-state index in [9.17, 15) is 9.59 Å². The highest BCUT2D eigenvalue weighted by molar-refractivity contribution is 6.39. The molecule has 24 heavy (non-hydrogen) atoms. The molecule has 1 aromatic heterocycles. The molecule has 5 nitrogen and oxygen atoms in total. The Bertz CT molecular complexity index is 982. The number of nitrogens with two attached hydrogens (primary N) is 1. The number of hydrogen-bond acceptors (Lipinski definition) is 3. The predicted octanol–water partition coefficient (Wildman–Crippen LogP) is 4.74. The zero-order valence-electron chi connectivity index (χ0n) is 11.9. The number of primary amides is 1. The van der Waals surface area contributed by atoms with Crippen LogP contribution in [0.1, 0.15) is 20.7 Å². The molecule has 0 aliphatic heterocycles. The molecule has 3 rings (SSSR count). The van der Waals surface area contributed by atoms with Crippen LogP contribution in [0.2, 0.25) is 15.1 Å². The molecule has 0 aliphatic carbocycles. The summed E-state index contributed by atoms with van der Waals surface area (Å²) in [6.07, 6.45) is 1.44. The first-order chi connectivity index (χ1) is 11.4. The smallest absolute Gasteiger partial charge is 0.256 e. The van der Waals surface area contributed by atoms with E-state index in [0.29, 0.717) is 21.6 Å². The van der Waals surface area contributed by atoms with Crippen molar-refractivity contribution in [3.8, 4) is 0 Å². The largest absolute Gasteiger partial charge is 0.463 e. The van der Waals surface area contributed by atoms with Crippen molar-refractivity contribution in [2.45, 2.75) is 0 Å². The van der Waals surface area contributed by atoms with Crippen LogP contribution in [-0.2, 0) is 0 Å². The van der Waals surface area contributed by atoms with Crippen LogP contribution in [0.25, 0.3) is 11.0 Å². The van der Waals surface area contributed by atoms with Crippen LogP contribution in [0.5, 0.6) is 0 Å². The molecular formula is C16H9Cl3N2O3. The molecule has 2 amide bonds. The summed E-state index contributed by atoms with van der Waals surface area (Å²) in [5.74, 6) is -1.17. The SMILES string of the molecule is NC(=O)c1cc(NC(=O)c2ccc(Cl)c3occc23)c(Cl)cc1Cl. The van der Waals surface area contributed by atoms with Gasteiger partial charge in [-0.3, -0.25) is 9.59 Å². The van der Waals surface area contributed by atoms with Crippen molar-refractivity contribution in [3.05, 3.63) is 62.8 Å². The number of fused-ring (bicyclic) bond motifs is 1. The quantitative estimate of drug-likeness (QED) is 0.684. The Balaban J connectivity index is 2.00. The summed E-state index contributed by atoms with van der Waals surface area (Å²) in [7, 11) is 0. The lowest BCUT2D eigenvalue weighted by Gasteiger charge is -2.10. The molecule has 0 unspecified atom stereocenters. The van der Waals surface area contributed by atoms with Crippen LogP contribution >= 0.6 is 34.8 Å². The molecule has 8 heteroatoms. The molecule has 2 aromatic carbocycles. The average molecular weight is 384 g/mol. The van der Waals surface area contributed by atoms with Crippen molar-refractivity contribution in [1.29, 1.82) is 0 Å². The Labute approximate surface area is 151 Å². The number of rotatable bonds is 3. The van der Waals surface area contributed by atoms with Crippen molar-refractivity contribution in [3.63, 3.8) is 0 Å². The molecule has 3 N–H and O–H groups in total. The van der Waals surface area contributed by atoms with Gasteiger partial charge in [-0.1, -0.05) is 34.8 Å².